The summed E-state index contributed by atoms with van der Waals surface area (Å²) in [5.41, 5.74) is 6.88. The number of carbonyl (C=O) groups excluding carboxylic acids is 2. The number of phenols is 1. The number of amides is 2. The molecule has 0 radical (unpaired) electrons. The zero-order valence-corrected chi connectivity index (χ0v) is 30.8. The van der Waals surface area contributed by atoms with Gasteiger partial charge in [0.05, 0.1) is 12.3 Å². The van der Waals surface area contributed by atoms with Crippen LogP contribution in [0.4, 0.5) is 15.8 Å². The van der Waals surface area contributed by atoms with Gasteiger partial charge in [-0.05, 0) is 78.6 Å². The van der Waals surface area contributed by atoms with Crippen LogP contribution in [0.5, 0.6) is 11.5 Å². The maximum Gasteiger partial charge on any atom is 0.252 e. The van der Waals surface area contributed by atoms with E-state index in [0.29, 0.717) is 30.3 Å². The molecule has 0 saturated carbocycles. The number of rotatable bonds is 6. The van der Waals surface area contributed by atoms with Gasteiger partial charge in [0.2, 0.25) is 5.91 Å². The van der Waals surface area contributed by atoms with Crippen molar-refractivity contribution in [2.45, 2.75) is 50.5 Å². The molecule has 10 heteroatoms. The second-order valence-corrected chi connectivity index (χ2v) is 15.3. The number of hydrogen-bond acceptors (Lipinski definition) is 7. The summed E-state index contributed by atoms with van der Waals surface area (Å²) in [7, 11) is 0. The van der Waals surface area contributed by atoms with Crippen molar-refractivity contribution in [3.63, 3.8) is 0 Å². The number of piperazine rings is 1. The highest BCUT2D eigenvalue weighted by Crippen LogP contribution is 2.47. The highest BCUT2D eigenvalue weighted by Gasteiger charge is 2.34. The number of carbonyl (C=O) groups is 2. The Labute approximate surface area is 317 Å². The summed E-state index contributed by atoms with van der Waals surface area (Å²) < 4.78 is 21.0. The van der Waals surface area contributed by atoms with Crippen molar-refractivity contribution < 1.29 is 23.8 Å². The molecule has 0 spiro atoms. The standard InChI is InChI=1S/C39H41FN4O3.C5H9NO/c40-35-22-33-29(23-41-39(33)46)20-36(35)44-18-16-42(17-19-44)24-26-12-14-43(15-13-26)30-8-6-28(7-9-30)38-32-11-10-31(45)21-37(32)47-25-34(38)27-4-2-1-3-5-27;7-5-3-1-2-4-6-5/h1-11,20-22,26,34,38,45H,12-19,23-25H2,(H,41,46);1-4H2,(H,6,7). The number of nitrogens with zero attached hydrogens (tertiary/aromatic N) is 3. The van der Waals surface area contributed by atoms with Crippen LogP contribution in [0.2, 0.25) is 0 Å². The van der Waals surface area contributed by atoms with E-state index in [1.165, 1.54) is 22.9 Å². The quantitative estimate of drug-likeness (QED) is 0.211. The number of anilines is 2. The minimum Gasteiger partial charge on any atom is -0.508 e. The molecule has 3 saturated heterocycles. The lowest BCUT2D eigenvalue weighted by Crippen LogP contribution is -2.49. The topological polar surface area (TPSA) is 97.4 Å². The zero-order chi connectivity index (χ0) is 37.0. The van der Waals surface area contributed by atoms with E-state index in [1.54, 1.807) is 12.1 Å². The average molecular weight is 732 g/mol. The second-order valence-electron chi connectivity index (χ2n) is 15.3. The summed E-state index contributed by atoms with van der Waals surface area (Å²) in [5, 5.41) is 15.6. The van der Waals surface area contributed by atoms with Gasteiger partial charge >= 0.3 is 0 Å². The minimum atomic E-state index is -0.302. The Kier molecular flexibility index (Phi) is 10.7. The number of aromatic hydroxyl groups is 1. The van der Waals surface area contributed by atoms with Crippen molar-refractivity contribution in [1.29, 1.82) is 0 Å². The lowest BCUT2D eigenvalue weighted by atomic mass is 9.76. The Morgan fingerprint density at radius 3 is 2.28 bits per heavy atom. The predicted molar refractivity (Wildman–Crippen MR) is 209 cm³/mol. The SMILES string of the molecule is O=C1CCCCN1.O=C1NCc2cc(N3CCN(CC4CCN(c5ccc(C6c7ccc(O)cc7OCC6c6ccccc6)cc5)CC4)CC3)c(F)cc21. The van der Waals surface area contributed by atoms with Gasteiger partial charge in [0.15, 0.2) is 0 Å². The van der Waals surface area contributed by atoms with E-state index in [2.05, 4.69) is 73.9 Å². The summed E-state index contributed by atoms with van der Waals surface area (Å²) in [4.78, 5) is 29.4. The average Bonchev–Trinajstić information content (AvgIpc) is 3.57. The van der Waals surface area contributed by atoms with E-state index in [1.807, 2.05) is 18.2 Å². The molecule has 2 unspecified atom stereocenters. The van der Waals surface area contributed by atoms with Gasteiger partial charge in [-0.15, -0.1) is 0 Å². The summed E-state index contributed by atoms with van der Waals surface area (Å²) in [6, 6.07) is 28.5. The highest BCUT2D eigenvalue weighted by atomic mass is 19.1. The third-order valence-corrected chi connectivity index (χ3v) is 11.9. The van der Waals surface area contributed by atoms with E-state index >= 15 is 0 Å². The molecule has 2 amide bonds. The van der Waals surface area contributed by atoms with Gasteiger partial charge in [-0.3, -0.25) is 14.5 Å². The number of halogens is 1. The van der Waals surface area contributed by atoms with Crippen LogP contribution in [-0.2, 0) is 11.3 Å². The van der Waals surface area contributed by atoms with Crippen molar-refractivity contribution in [2.75, 3.05) is 68.8 Å². The van der Waals surface area contributed by atoms with Gasteiger partial charge in [0, 0.05) is 100 Å². The molecule has 0 bridgehead atoms. The fraction of sp³-hybridized carbons (Fsp3) is 0.409. The molecule has 9 nitrogen and oxygen atoms in total. The summed E-state index contributed by atoms with van der Waals surface area (Å²) >= 11 is 0. The number of nitrogens with one attached hydrogen (secondary N) is 2. The molecule has 2 atom stereocenters. The van der Waals surface area contributed by atoms with Crippen LogP contribution in [0.3, 0.4) is 0 Å². The molecule has 5 heterocycles. The Morgan fingerprint density at radius 2 is 1.57 bits per heavy atom. The second kappa shape index (κ2) is 16.1. The van der Waals surface area contributed by atoms with E-state index in [4.69, 9.17) is 4.74 Å². The van der Waals surface area contributed by atoms with Crippen LogP contribution in [-0.4, -0.2) is 80.8 Å². The summed E-state index contributed by atoms with van der Waals surface area (Å²) in [5.74, 6) is 1.71. The Bertz CT molecular complexity index is 1930. The maximum absolute atomic E-state index is 14.9. The molecule has 4 aromatic rings. The first kappa shape index (κ1) is 35.9. The van der Waals surface area contributed by atoms with Gasteiger partial charge in [0.25, 0.3) is 5.91 Å². The normalized spacial score (nSPS) is 21.6. The number of ether oxygens (including phenoxy) is 1. The fourth-order valence-electron chi connectivity index (χ4n) is 8.80. The van der Waals surface area contributed by atoms with E-state index in [-0.39, 0.29) is 35.2 Å². The van der Waals surface area contributed by atoms with Crippen molar-refractivity contribution >= 4 is 23.2 Å². The first-order chi connectivity index (χ1) is 26.4. The van der Waals surface area contributed by atoms with Crippen molar-refractivity contribution in [3.05, 3.63) is 119 Å². The van der Waals surface area contributed by atoms with Crippen LogP contribution < -0.4 is 25.2 Å². The molecular formula is C44H50FN5O4. The number of piperidine rings is 2. The number of fused-ring (bicyclic) bond motifs is 2. The lowest BCUT2D eigenvalue weighted by Gasteiger charge is -2.40. The molecule has 3 N–H and O–H groups in total. The van der Waals surface area contributed by atoms with Crippen LogP contribution in [0, 0.1) is 11.7 Å². The molecule has 4 aromatic carbocycles. The zero-order valence-electron chi connectivity index (χ0n) is 30.8. The van der Waals surface area contributed by atoms with Crippen LogP contribution in [0.15, 0.2) is 84.9 Å². The van der Waals surface area contributed by atoms with Gasteiger partial charge in [-0.2, -0.15) is 0 Å². The molecule has 5 aliphatic rings. The summed E-state index contributed by atoms with van der Waals surface area (Å²) in [6.07, 6.45) is 5.29. The molecule has 9 rings (SSSR count). The Hall–Kier alpha value is -5.09. The van der Waals surface area contributed by atoms with Gasteiger partial charge in [-0.25, -0.2) is 4.39 Å². The van der Waals surface area contributed by atoms with E-state index in [9.17, 15) is 19.1 Å². The molecular weight excluding hydrogens is 682 g/mol. The van der Waals surface area contributed by atoms with E-state index in [0.717, 1.165) is 101 Å². The highest BCUT2D eigenvalue weighted by molar-refractivity contribution is 5.98. The maximum atomic E-state index is 14.9. The molecule has 282 valence electrons. The largest absolute Gasteiger partial charge is 0.508 e. The van der Waals surface area contributed by atoms with E-state index < -0.39 is 0 Å². The monoisotopic (exact) mass is 731 g/mol. The van der Waals surface area contributed by atoms with Crippen LogP contribution in [0.25, 0.3) is 0 Å². The van der Waals surface area contributed by atoms with Crippen molar-refractivity contribution in [3.8, 4) is 11.5 Å². The molecule has 0 aromatic heterocycles. The molecule has 3 fully saturated rings. The summed E-state index contributed by atoms with van der Waals surface area (Å²) in [6.45, 7) is 8.56. The smallest absolute Gasteiger partial charge is 0.252 e. The first-order valence-electron chi connectivity index (χ1n) is 19.6. The van der Waals surface area contributed by atoms with Crippen LogP contribution in [0.1, 0.15) is 76.6 Å². The van der Waals surface area contributed by atoms with Crippen molar-refractivity contribution in [2.24, 2.45) is 5.92 Å². The minimum absolute atomic E-state index is 0.141. The third kappa shape index (κ3) is 7.89. The lowest BCUT2D eigenvalue weighted by molar-refractivity contribution is -0.122. The molecule has 0 aliphatic carbocycles. The number of hydrogen-bond donors (Lipinski definition) is 3. The number of phenolic OH excluding ortho intramolecular Hbond substituents is 1. The Balaban J connectivity index is 0.000000533. The number of benzene rings is 4. The predicted octanol–water partition coefficient (Wildman–Crippen LogP) is 6.41. The first-order valence-corrected chi connectivity index (χ1v) is 19.6. The van der Waals surface area contributed by atoms with Crippen molar-refractivity contribution in [1.82, 2.24) is 15.5 Å². The van der Waals surface area contributed by atoms with Gasteiger partial charge in [-0.1, -0.05) is 48.5 Å². The third-order valence-electron chi connectivity index (χ3n) is 11.9. The Morgan fingerprint density at radius 1 is 0.796 bits per heavy atom. The molecule has 54 heavy (non-hydrogen) atoms. The molecule has 5 aliphatic heterocycles. The van der Waals surface area contributed by atoms with Crippen LogP contribution >= 0.6 is 0 Å². The van der Waals surface area contributed by atoms with Gasteiger partial charge < -0.3 is 30.3 Å². The fourth-order valence-corrected chi connectivity index (χ4v) is 8.80. The van der Waals surface area contributed by atoms with Gasteiger partial charge in [0.1, 0.15) is 17.3 Å².